The molecule has 3 heterocycles. The van der Waals surface area contributed by atoms with Gasteiger partial charge in [-0.2, -0.15) is 5.10 Å². The summed E-state index contributed by atoms with van der Waals surface area (Å²) in [6, 6.07) is 5.46. The molecule has 0 aliphatic rings. The summed E-state index contributed by atoms with van der Waals surface area (Å²) in [6.45, 7) is 5.48. The average molecular weight is 355 g/mol. The molecule has 0 unspecified atom stereocenters. The average Bonchev–Trinajstić information content (AvgIpc) is 3.08. The van der Waals surface area contributed by atoms with Gasteiger partial charge in [-0.05, 0) is 38.5 Å². The lowest BCUT2D eigenvalue weighted by Gasteiger charge is -2.06. The van der Waals surface area contributed by atoms with Crippen LogP contribution in [0.3, 0.4) is 0 Å². The Labute approximate surface area is 148 Å². The fourth-order valence-corrected chi connectivity index (χ4v) is 3.59. The first-order valence-electron chi connectivity index (χ1n) is 7.57. The minimum atomic E-state index is -0.557. The Morgan fingerprint density at radius 3 is 2.64 bits per heavy atom. The molecule has 0 saturated heterocycles. The monoisotopic (exact) mass is 355 g/mol. The quantitative estimate of drug-likeness (QED) is 0.751. The van der Waals surface area contributed by atoms with Gasteiger partial charge in [0.05, 0.1) is 23.0 Å². The molecule has 0 fully saturated rings. The first-order valence-corrected chi connectivity index (χ1v) is 8.39. The van der Waals surface area contributed by atoms with Gasteiger partial charge >= 0.3 is 0 Å². The van der Waals surface area contributed by atoms with Crippen molar-refractivity contribution in [3.63, 3.8) is 0 Å². The highest BCUT2D eigenvalue weighted by molar-refractivity contribution is 7.16. The Hall–Kier alpha value is -3.00. The largest absolute Gasteiger partial charge is 0.365 e. The van der Waals surface area contributed by atoms with E-state index in [1.54, 1.807) is 23.9 Å². The number of thiophene rings is 1. The van der Waals surface area contributed by atoms with Crippen LogP contribution >= 0.6 is 11.3 Å². The summed E-state index contributed by atoms with van der Waals surface area (Å²) in [5.74, 6) is -0.277. The lowest BCUT2D eigenvalue weighted by atomic mass is 10.1. The number of hydrogen-bond donors (Lipinski definition) is 2. The van der Waals surface area contributed by atoms with Crippen LogP contribution in [0.15, 0.2) is 30.6 Å². The van der Waals surface area contributed by atoms with E-state index in [4.69, 9.17) is 5.73 Å². The number of carbonyl (C=O) groups excluding carboxylic acids is 2. The van der Waals surface area contributed by atoms with Crippen LogP contribution in [-0.4, -0.2) is 26.6 Å². The zero-order valence-electron chi connectivity index (χ0n) is 14.0. The SMILES string of the molecule is Cc1sc(NC(=O)c2cnn(-c3ccccn3)c2C)c(C(N)=O)c1C. The molecule has 3 N–H and O–H groups in total. The first kappa shape index (κ1) is 16.8. The second kappa shape index (κ2) is 6.48. The summed E-state index contributed by atoms with van der Waals surface area (Å²) in [5, 5.41) is 7.47. The number of anilines is 1. The van der Waals surface area contributed by atoms with Gasteiger partial charge in [0.25, 0.3) is 11.8 Å². The summed E-state index contributed by atoms with van der Waals surface area (Å²) in [4.78, 5) is 29.5. The van der Waals surface area contributed by atoms with Crippen molar-refractivity contribution in [3.8, 4) is 5.82 Å². The van der Waals surface area contributed by atoms with Gasteiger partial charge in [0.2, 0.25) is 0 Å². The maximum atomic E-state index is 12.6. The molecule has 7 nitrogen and oxygen atoms in total. The van der Waals surface area contributed by atoms with Gasteiger partial charge in [-0.25, -0.2) is 9.67 Å². The lowest BCUT2D eigenvalue weighted by Crippen LogP contribution is -2.18. The standard InChI is InChI=1S/C17H17N5O2S/c1-9-11(3)25-17(14(9)15(18)23)21-16(24)12-8-20-22(10(12)2)13-6-4-5-7-19-13/h4-8H,1-3H3,(H2,18,23)(H,21,24). The van der Waals surface area contributed by atoms with Crippen LogP contribution in [0.2, 0.25) is 0 Å². The Balaban J connectivity index is 1.92. The number of aryl methyl sites for hydroxylation is 1. The van der Waals surface area contributed by atoms with Gasteiger partial charge in [-0.15, -0.1) is 11.3 Å². The van der Waals surface area contributed by atoms with Gasteiger partial charge in [-0.1, -0.05) is 6.07 Å². The molecule has 8 heteroatoms. The molecule has 3 aromatic heterocycles. The van der Waals surface area contributed by atoms with Gasteiger partial charge in [0.15, 0.2) is 5.82 Å². The van der Waals surface area contributed by atoms with Crippen LogP contribution in [0.5, 0.6) is 0 Å². The van der Waals surface area contributed by atoms with Crippen LogP contribution in [0, 0.1) is 20.8 Å². The number of nitrogens with two attached hydrogens (primary N) is 1. The van der Waals surface area contributed by atoms with Crippen LogP contribution in [0.1, 0.15) is 36.9 Å². The third-order valence-corrected chi connectivity index (χ3v) is 5.10. The lowest BCUT2D eigenvalue weighted by molar-refractivity contribution is 0.100. The molecule has 128 valence electrons. The number of rotatable bonds is 4. The number of nitrogens with zero attached hydrogens (tertiary/aromatic N) is 3. The normalized spacial score (nSPS) is 10.7. The second-order valence-electron chi connectivity index (χ2n) is 5.55. The maximum Gasteiger partial charge on any atom is 0.259 e. The minimum Gasteiger partial charge on any atom is -0.365 e. The molecule has 0 aliphatic heterocycles. The molecular formula is C17H17N5O2S. The maximum absolute atomic E-state index is 12.6. The van der Waals surface area contributed by atoms with E-state index in [-0.39, 0.29) is 5.91 Å². The molecular weight excluding hydrogens is 338 g/mol. The molecule has 3 aromatic rings. The summed E-state index contributed by atoms with van der Waals surface area (Å²) in [7, 11) is 0. The van der Waals surface area contributed by atoms with Crippen molar-refractivity contribution in [1.82, 2.24) is 14.8 Å². The zero-order chi connectivity index (χ0) is 18.1. The zero-order valence-corrected chi connectivity index (χ0v) is 14.8. The molecule has 0 aliphatic carbocycles. The highest BCUT2D eigenvalue weighted by atomic mass is 32.1. The van der Waals surface area contributed by atoms with Crippen molar-refractivity contribution in [2.24, 2.45) is 5.73 Å². The summed E-state index contributed by atoms with van der Waals surface area (Å²) < 4.78 is 1.59. The first-order chi connectivity index (χ1) is 11.9. The van der Waals surface area contributed by atoms with Crippen LogP contribution in [0.25, 0.3) is 5.82 Å². The van der Waals surface area contributed by atoms with E-state index in [9.17, 15) is 9.59 Å². The fraction of sp³-hybridized carbons (Fsp3) is 0.176. The molecule has 0 bridgehead atoms. The van der Waals surface area contributed by atoms with Crippen molar-refractivity contribution in [1.29, 1.82) is 0 Å². The molecule has 0 atom stereocenters. The third kappa shape index (κ3) is 3.03. The number of carbonyl (C=O) groups is 2. The molecule has 0 spiro atoms. The smallest absolute Gasteiger partial charge is 0.259 e. The highest BCUT2D eigenvalue weighted by Gasteiger charge is 2.21. The topological polar surface area (TPSA) is 103 Å². The van der Waals surface area contributed by atoms with E-state index in [1.165, 1.54) is 17.5 Å². The van der Waals surface area contributed by atoms with Gasteiger partial charge < -0.3 is 11.1 Å². The minimum absolute atomic E-state index is 0.344. The van der Waals surface area contributed by atoms with Crippen molar-refractivity contribution in [2.45, 2.75) is 20.8 Å². The van der Waals surface area contributed by atoms with Crippen molar-refractivity contribution >= 4 is 28.2 Å². The Kier molecular flexibility index (Phi) is 4.37. The van der Waals surface area contributed by atoms with E-state index in [1.807, 2.05) is 26.0 Å². The van der Waals surface area contributed by atoms with E-state index >= 15 is 0 Å². The fourth-order valence-electron chi connectivity index (χ4n) is 2.52. The Morgan fingerprint density at radius 1 is 1.24 bits per heavy atom. The van der Waals surface area contributed by atoms with Crippen molar-refractivity contribution in [3.05, 3.63) is 57.9 Å². The summed E-state index contributed by atoms with van der Waals surface area (Å²) >= 11 is 1.33. The van der Waals surface area contributed by atoms with E-state index in [0.717, 1.165) is 10.4 Å². The number of pyridine rings is 1. The molecule has 25 heavy (non-hydrogen) atoms. The molecule has 2 amide bonds. The summed E-state index contributed by atoms with van der Waals surface area (Å²) in [6.07, 6.45) is 3.14. The Bertz CT molecular complexity index is 959. The van der Waals surface area contributed by atoms with Crippen molar-refractivity contribution < 1.29 is 9.59 Å². The highest BCUT2D eigenvalue weighted by Crippen LogP contribution is 2.32. The van der Waals surface area contributed by atoms with E-state index in [0.29, 0.717) is 27.6 Å². The van der Waals surface area contributed by atoms with Gasteiger partial charge in [-0.3, -0.25) is 9.59 Å². The molecule has 3 rings (SSSR count). The number of primary amides is 1. The van der Waals surface area contributed by atoms with Crippen LogP contribution in [-0.2, 0) is 0 Å². The van der Waals surface area contributed by atoms with Gasteiger partial charge in [0.1, 0.15) is 5.00 Å². The summed E-state index contributed by atoms with van der Waals surface area (Å²) in [5.41, 5.74) is 7.64. The Morgan fingerprint density at radius 2 is 2.00 bits per heavy atom. The molecule has 0 aromatic carbocycles. The van der Waals surface area contributed by atoms with E-state index in [2.05, 4.69) is 15.4 Å². The molecule has 0 saturated carbocycles. The van der Waals surface area contributed by atoms with E-state index < -0.39 is 5.91 Å². The number of aromatic nitrogens is 3. The van der Waals surface area contributed by atoms with Crippen molar-refractivity contribution in [2.75, 3.05) is 5.32 Å². The number of amides is 2. The predicted octanol–water partition coefficient (Wildman–Crippen LogP) is 2.61. The number of hydrogen-bond acceptors (Lipinski definition) is 5. The van der Waals surface area contributed by atoms with Crippen LogP contribution in [0.4, 0.5) is 5.00 Å². The predicted molar refractivity (Wildman–Crippen MR) is 96.4 cm³/mol. The van der Waals surface area contributed by atoms with Crippen LogP contribution < -0.4 is 11.1 Å². The second-order valence-corrected chi connectivity index (χ2v) is 6.77. The van der Waals surface area contributed by atoms with Gasteiger partial charge in [0, 0.05) is 11.1 Å². The third-order valence-electron chi connectivity index (χ3n) is 3.98. The molecule has 0 radical (unpaired) electrons. The number of nitrogens with one attached hydrogen (secondary N) is 1.